The Morgan fingerprint density at radius 2 is 0.387 bits per heavy atom. The van der Waals surface area contributed by atoms with Gasteiger partial charge in [-0.05, 0) is 18.4 Å². The fourth-order valence-electron chi connectivity index (χ4n) is 16.6. The largest absolute Gasteiger partial charge is 0.382 e. The van der Waals surface area contributed by atoms with Crippen LogP contribution in [-0.2, 0) is 166 Å². The van der Waals surface area contributed by atoms with E-state index in [1.807, 2.05) is 0 Å². The summed E-state index contributed by atoms with van der Waals surface area (Å²) in [6, 6.07) is 0. The van der Waals surface area contributed by atoms with Gasteiger partial charge in [0.1, 0.15) is 171 Å². The van der Waals surface area contributed by atoms with Crippen molar-refractivity contribution in [3.8, 4) is 0 Å². The summed E-state index contributed by atoms with van der Waals surface area (Å²) in [5.41, 5.74) is 8.67. The summed E-state index contributed by atoms with van der Waals surface area (Å²) in [5, 5.41) is 3.66. The second-order valence-corrected chi connectivity index (χ2v) is 28.3. The number of ether oxygens (including phenoxy) is 35. The Morgan fingerprint density at radius 1 is 0.216 bits per heavy atom. The van der Waals surface area contributed by atoms with Crippen molar-refractivity contribution in [1.82, 2.24) is 0 Å². The Labute approximate surface area is 653 Å². The van der Waals surface area contributed by atoms with E-state index >= 15 is 0 Å². The molecule has 35 atom stereocenters. The molecular formula is C73H131N3O35. The molecule has 0 saturated carbocycles. The topological polar surface area (TPSA) is 372 Å². The van der Waals surface area contributed by atoms with Gasteiger partial charge in [0.2, 0.25) is 0 Å². The third-order valence-electron chi connectivity index (χ3n) is 21.8. The van der Waals surface area contributed by atoms with Gasteiger partial charge < -0.3 is 166 Å². The van der Waals surface area contributed by atoms with E-state index in [-0.39, 0.29) is 52.9 Å². The zero-order chi connectivity index (χ0) is 80.1. The number of azide groups is 1. The van der Waals surface area contributed by atoms with Crippen LogP contribution in [0.15, 0.2) is 5.11 Å². The van der Waals surface area contributed by atoms with Gasteiger partial charge in [-0.3, -0.25) is 0 Å². The van der Waals surface area contributed by atoms with Gasteiger partial charge in [-0.25, -0.2) is 0 Å². The van der Waals surface area contributed by atoms with Gasteiger partial charge in [-0.2, -0.15) is 0 Å². The molecule has 14 bridgehead atoms. The summed E-state index contributed by atoms with van der Waals surface area (Å²) < 4.78 is 230. The van der Waals surface area contributed by atoms with Gasteiger partial charge in [0.05, 0.1) is 46.2 Å². The molecule has 0 amide bonds. The van der Waals surface area contributed by atoms with E-state index in [9.17, 15) is 0 Å². The summed E-state index contributed by atoms with van der Waals surface area (Å²) >= 11 is 0. The fourth-order valence-corrected chi connectivity index (χ4v) is 16.6. The number of nitrogens with zero attached hydrogens (tertiary/aromatic N) is 3. The molecular weight excluding hydrogens is 1480 g/mol. The molecule has 0 radical (unpaired) electrons. The number of hydrogen-bond acceptors (Lipinski definition) is 36. The minimum absolute atomic E-state index is 0.0440. The molecule has 38 heteroatoms. The van der Waals surface area contributed by atoms with Crippen LogP contribution in [0.2, 0.25) is 0 Å². The van der Waals surface area contributed by atoms with Crippen molar-refractivity contribution < 1.29 is 166 Å². The number of hydrogen-bond donors (Lipinski definition) is 0. The van der Waals surface area contributed by atoms with E-state index in [2.05, 4.69) is 10.0 Å². The maximum Gasteiger partial charge on any atom is 0.187 e. The molecule has 648 valence electrons. The quantitative estimate of drug-likeness (QED) is 0.0368. The molecule has 21 aliphatic heterocycles. The summed E-state index contributed by atoms with van der Waals surface area (Å²) in [5.74, 6) is 0. The summed E-state index contributed by atoms with van der Waals surface area (Å²) in [7, 11) is 30.4. The first kappa shape index (κ1) is 94.4. The molecule has 0 aliphatic carbocycles. The minimum atomic E-state index is -1.24. The number of methoxy groups -OCH3 is 20. The molecule has 21 fully saturated rings. The second kappa shape index (κ2) is 49.5. The first-order chi connectivity index (χ1) is 54.2. The SMILES string of the molecule is COC[C@H]1O[C@@H]2O[C@H]3[C@H](OC)[C@@H](OC)[C@@H](O[C@H]4[C@H](OC)[C@@H](OC)[C@@H](O[C@H]5[C@H](OC)[C@@H](OC)[C@@H](O[C@H]6[C@H](OC)[C@@H](OCCCCCCCCCCCN=[N+]=[N-])[C@@H](O[C@H]7[C@H](OC)[C@@H](OC)[C@@H](O[C@H]8[C@H](OC)[C@@H](OC)[C@@H](O[C@H]1[C@H](OC)[C@H]2OC)O[C@@H]8COC)O[C@@H]7COC)O[C@@H]6COC)O[C@@H]5COC)O[C@@H]4COC)O[C@@H]3COC. The minimum Gasteiger partial charge on any atom is -0.382 e. The average Bonchev–Trinajstić information content (AvgIpc) is 0.785. The molecule has 0 unspecified atom stereocenters. The normalized spacial score (nSPS) is 42.0. The van der Waals surface area contributed by atoms with E-state index < -0.39 is 215 Å². The molecule has 21 aliphatic rings. The highest BCUT2D eigenvalue weighted by atomic mass is 16.8. The first-order valence-corrected chi connectivity index (χ1v) is 38.3. The van der Waals surface area contributed by atoms with Crippen LogP contribution in [-0.4, -0.2) is 417 Å². The molecule has 0 aromatic carbocycles. The highest BCUT2D eigenvalue weighted by Crippen LogP contribution is 2.43. The van der Waals surface area contributed by atoms with Crippen molar-refractivity contribution >= 4 is 0 Å². The maximum absolute atomic E-state index is 8.67. The van der Waals surface area contributed by atoms with Crippen LogP contribution in [0.4, 0.5) is 0 Å². The third kappa shape index (κ3) is 23.3. The zero-order valence-corrected chi connectivity index (χ0v) is 68.6. The Hall–Kier alpha value is -2.09. The van der Waals surface area contributed by atoms with Crippen molar-refractivity contribution in [1.29, 1.82) is 0 Å². The summed E-state index contributed by atoms with van der Waals surface area (Å²) in [4.78, 5) is 2.87. The van der Waals surface area contributed by atoms with E-state index in [0.29, 0.717) is 13.0 Å². The molecule has 21 heterocycles. The number of rotatable bonds is 40. The Bertz CT molecular complexity index is 2550. The van der Waals surface area contributed by atoms with Gasteiger partial charge in [-0.15, -0.1) is 0 Å². The summed E-state index contributed by atoms with van der Waals surface area (Å²) in [6.45, 7) is 0.449. The van der Waals surface area contributed by atoms with Crippen LogP contribution in [0.3, 0.4) is 0 Å². The van der Waals surface area contributed by atoms with Crippen LogP contribution in [0.1, 0.15) is 57.8 Å². The Morgan fingerprint density at radius 3 is 0.568 bits per heavy atom. The van der Waals surface area contributed by atoms with Crippen molar-refractivity contribution in [3.63, 3.8) is 0 Å². The molecule has 38 nitrogen and oxygen atoms in total. The maximum atomic E-state index is 8.67. The number of unbranched alkanes of at least 4 members (excludes halogenated alkanes) is 8. The monoisotopic (exact) mass is 1610 g/mol. The van der Waals surface area contributed by atoms with Crippen LogP contribution < -0.4 is 0 Å². The lowest BCUT2D eigenvalue weighted by atomic mass is 9.94. The Kier molecular flexibility index (Phi) is 42.1. The van der Waals surface area contributed by atoms with Gasteiger partial charge in [0.15, 0.2) is 44.0 Å². The molecule has 0 aromatic heterocycles. The van der Waals surface area contributed by atoms with Gasteiger partial charge in [0, 0.05) is 160 Å². The first-order valence-electron chi connectivity index (χ1n) is 38.3. The van der Waals surface area contributed by atoms with Crippen LogP contribution in [0.25, 0.3) is 10.4 Å². The lowest BCUT2D eigenvalue weighted by Crippen LogP contribution is -2.69. The van der Waals surface area contributed by atoms with Crippen molar-refractivity contribution in [3.05, 3.63) is 10.4 Å². The molecule has 21 saturated heterocycles. The van der Waals surface area contributed by atoms with Crippen LogP contribution >= 0.6 is 0 Å². The van der Waals surface area contributed by atoms with Crippen LogP contribution in [0.5, 0.6) is 0 Å². The molecule has 0 spiro atoms. The lowest BCUT2D eigenvalue weighted by Gasteiger charge is -2.52. The van der Waals surface area contributed by atoms with Crippen molar-refractivity contribution in [2.24, 2.45) is 5.11 Å². The van der Waals surface area contributed by atoms with Gasteiger partial charge in [-0.1, -0.05) is 50.1 Å². The van der Waals surface area contributed by atoms with E-state index in [1.165, 1.54) is 121 Å². The molecule has 0 N–H and O–H groups in total. The highest BCUT2D eigenvalue weighted by molar-refractivity contribution is 5.04. The second-order valence-electron chi connectivity index (χ2n) is 28.3. The smallest absolute Gasteiger partial charge is 0.187 e. The fraction of sp³-hybridized carbons (Fsp3) is 1.00. The predicted octanol–water partition coefficient (Wildman–Crippen LogP) is 2.70. The average molecular weight is 1610 g/mol. The summed E-state index contributed by atoms with van der Waals surface area (Å²) in [6.07, 6.45) is -27.8. The predicted molar refractivity (Wildman–Crippen MR) is 384 cm³/mol. The van der Waals surface area contributed by atoms with Crippen molar-refractivity contribution in [2.45, 2.75) is 273 Å². The molecule has 0 aromatic rings. The van der Waals surface area contributed by atoms with Crippen LogP contribution in [0, 0.1) is 0 Å². The lowest BCUT2D eigenvalue weighted by molar-refractivity contribution is -0.403. The van der Waals surface area contributed by atoms with E-state index in [0.717, 1.165) is 51.4 Å². The third-order valence-corrected chi connectivity index (χ3v) is 21.8. The highest BCUT2D eigenvalue weighted by Gasteiger charge is 2.62. The van der Waals surface area contributed by atoms with Gasteiger partial charge >= 0.3 is 0 Å². The standard InChI is InChI=1S/C73H131N3O35/c1-77-32-39-46-53(84-8)60(91-15)68(98-39)106-48-41(34-79-3)100-70(62(93-17)55(48)86-10)108-50-43(36-81-5)102-72(64(95-19)57(50)88-12)110-52-45(38-83-7)104-73(66(59(52)90-14)97-31-29-27-25-23-21-22-24-26-28-30-75-76-74)111-51-44(37-82-6)103-71(65(96-20)58(51)89-13)109-49-42(35-80-4)101-69(63(94-18)56(49)87-11)107-47-40(33-78-2)99-67(105-46)61(92-16)54(47)85-9/h39-73H,21-38H2,1-20H3/t39-,40-,41-,42-,43-,44-,45-,46-,47-,48-,49-,50-,51-,52-,53+,54+,55+,56+,57+,58+,59+,60-,61-,62-,63-,64-,65-,66-,67-,68-,69-,70-,71-,72-,73-/m1/s1. The van der Waals surface area contributed by atoms with Gasteiger partial charge in [0.25, 0.3) is 0 Å². The molecule has 111 heavy (non-hydrogen) atoms. The van der Waals surface area contributed by atoms with Crippen molar-refractivity contribution in [2.75, 3.05) is 202 Å². The van der Waals surface area contributed by atoms with E-state index in [4.69, 9.17) is 171 Å². The Balaban J connectivity index is 1.22. The zero-order valence-electron chi connectivity index (χ0n) is 68.6. The molecule has 21 rings (SSSR count). The van der Waals surface area contributed by atoms with E-state index in [1.54, 1.807) is 21.3 Å².